The molecule has 4 nitrogen and oxygen atoms in total. The molecule has 0 radical (unpaired) electrons. The minimum Gasteiger partial charge on any atom is -0.481 e. The Morgan fingerprint density at radius 3 is 2.48 bits per heavy atom. The monoisotopic (exact) mass is 348 g/mol. The van der Waals surface area contributed by atoms with Crippen molar-refractivity contribution in [1.29, 1.82) is 0 Å². The van der Waals surface area contributed by atoms with Crippen LogP contribution in [0.4, 0.5) is 10.1 Å². The van der Waals surface area contributed by atoms with Gasteiger partial charge in [0.05, 0.1) is 5.41 Å². The number of carboxylic acid groups (broad SMARTS) is 1. The normalized spacial score (nSPS) is 24.9. The molecule has 1 atom stereocenters. The second kappa shape index (κ2) is 6.60. The van der Waals surface area contributed by atoms with Crippen molar-refractivity contribution in [2.75, 3.05) is 31.1 Å². The summed E-state index contributed by atoms with van der Waals surface area (Å²) in [6, 6.07) is 5.28. The summed E-state index contributed by atoms with van der Waals surface area (Å²) in [5.74, 6) is -0.927. The van der Waals surface area contributed by atoms with Crippen LogP contribution >= 0.6 is 0 Å². The molecule has 2 aliphatic heterocycles. The standard InChI is InChI=1S/C20H29FN2O2/c1-19(2,3)20(18(24)25)9-12-22(14-20)13-15-16(21)7-6-8-17(15)23-10-4-5-11-23/h6-8H,4-5,9-14H2,1-3H3,(H,24,25). The quantitative estimate of drug-likeness (QED) is 0.900. The Morgan fingerprint density at radius 2 is 1.92 bits per heavy atom. The summed E-state index contributed by atoms with van der Waals surface area (Å²) >= 11 is 0. The van der Waals surface area contributed by atoms with Crippen LogP contribution in [0.3, 0.4) is 0 Å². The Kier molecular flexibility index (Phi) is 4.80. The molecule has 2 aliphatic rings. The van der Waals surface area contributed by atoms with Crippen molar-refractivity contribution in [3.63, 3.8) is 0 Å². The molecule has 0 bridgehead atoms. The molecule has 3 rings (SSSR count). The molecule has 0 aromatic heterocycles. The molecule has 0 amide bonds. The zero-order chi connectivity index (χ0) is 18.2. The van der Waals surface area contributed by atoms with E-state index in [1.807, 2.05) is 26.8 Å². The Labute approximate surface area is 149 Å². The highest BCUT2D eigenvalue weighted by atomic mass is 19.1. The van der Waals surface area contributed by atoms with Crippen molar-refractivity contribution < 1.29 is 14.3 Å². The van der Waals surface area contributed by atoms with E-state index in [1.54, 1.807) is 6.07 Å². The van der Waals surface area contributed by atoms with Crippen molar-refractivity contribution in [1.82, 2.24) is 4.90 Å². The van der Waals surface area contributed by atoms with Gasteiger partial charge in [0.25, 0.3) is 0 Å². The van der Waals surface area contributed by atoms with Crippen LogP contribution in [0.25, 0.3) is 0 Å². The van der Waals surface area contributed by atoms with E-state index in [4.69, 9.17) is 0 Å². The van der Waals surface area contributed by atoms with E-state index in [2.05, 4.69) is 9.80 Å². The largest absolute Gasteiger partial charge is 0.481 e. The summed E-state index contributed by atoms with van der Waals surface area (Å²) in [6.45, 7) is 9.55. The number of rotatable bonds is 4. The zero-order valence-corrected chi connectivity index (χ0v) is 15.5. The van der Waals surface area contributed by atoms with Crippen molar-refractivity contribution in [3.05, 3.63) is 29.6 Å². The third kappa shape index (κ3) is 3.26. The third-order valence-electron chi connectivity index (χ3n) is 6.12. The van der Waals surface area contributed by atoms with Crippen LogP contribution in [-0.2, 0) is 11.3 Å². The van der Waals surface area contributed by atoms with Crippen molar-refractivity contribution in [3.8, 4) is 0 Å². The molecule has 25 heavy (non-hydrogen) atoms. The van der Waals surface area contributed by atoms with Gasteiger partial charge >= 0.3 is 5.97 Å². The topological polar surface area (TPSA) is 43.8 Å². The van der Waals surface area contributed by atoms with Gasteiger partial charge in [-0.25, -0.2) is 4.39 Å². The first-order valence-electron chi connectivity index (χ1n) is 9.23. The molecule has 0 saturated carbocycles. The average molecular weight is 348 g/mol. The maximum absolute atomic E-state index is 14.6. The third-order valence-corrected chi connectivity index (χ3v) is 6.12. The number of carbonyl (C=O) groups is 1. The highest BCUT2D eigenvalue weighted by molar-refractivity contribution is 5.76. The number of hydrogen-bond donors (Lipinski definition) is 1. The minimum atomic E-state index is -0.772. The van der Waals surface area contributed by atoms with Crippen LogP contribution in [0, 0.1) is 16.6 Å². The second-order valence-corrected chi connectivity index (χ2v) is 8.53. The fourth-order valence-electron chi connectivity index (χ4n) is 4.31. The first-order valence-corrected chi connectivity index (χ1v) is 9.23. The van der Waals surface area contributed by atoms with E-state index in [1.165, 1.54) is 6.07 Å². The van der Waals surface area contributed by atoms with Gasteiger partial charge in [-0.1, -0.05) is 26.8 Å². The minimum absolute atomic E-state index is 0.187. The Bertz CT molecular complexity index is 650. The van der Waals surface area contributed by atoms with Gasteiger partial charge in [-0.2, -0.15) is 0 Å². The number of nitrogens with zero attached hydrogens (tertiary/aromatic N) is 2. The zero-order valence-electron chi connectivity index (χ0n) is 15.5. The maximum atomic E-state index is 14.6. The number of likely N-dealkylation sites (tertiary alicyclic amines) is 1. The maximum Gasteiger partial charge on any atom is 0.311 e. The lowest BCUT2D eigenvalue weighted by molar-refractivity contribution is -0.155. The van der Waals surface area contributed by atoms with Gasteiger partial charge in [0.2, 0.25) is 0 Å². The molecule has 1 unspecified atom stereocenters. The number of carboxylic acids is 1. The van der Waals surface area contributed by atoms with Gasteiger partial charge in [0.15, 0.2) is 0 Å². The molecular weight excluding hydrogens is 319 g/mol. The molecule has 1 aromatic rings. The van der Waals surface area contributed by atoms with E-state index < -0.39 is 11.4 Å². The predicted octanol–water partition coefficient (Wildman–Crippen LogP) is 3.75. The van der Waals surface area contributed by atoms with Gasteiger partial charge in [-0.05, 0) is 43.4 Å². The Morgan fingerprint density at radius 1 is 1.24 bits per heavy atom. The lowest BCUT2D eigenvalue weighted by Gasteiger charge is -2.38. The Hall–Kier alpha value is -1.62. The SMILES string of the molecule is CC(C)(C)C1(C(=O)O)CCN(Cc2c(F)cccc2N2CCCC2)C1. The van der Waals surface area contributed by atoms with E-state index in [0.29, 0.717) is 31.6 Å². The molecule has 0 aliphatic carbocycles. The fraction of sp³-hybridized carbons (Fsp3) is 0.650. The summed E-state index contributed by atoms with van der Waals surface area (Å²) in [4.78, 5) is 16.4. The average Bonchev–Trinajstić information content (AvgIpc) is 3.18. The molecule has 2 saturated heterocycles. The first-order chi connectivity index (χ1) is 11.7. The van der Waals surface area contributed by atoms with Gasteiger partial charge < -0.3 is 10.0 Å². The summed E-state index contributed by atoms with van der Waals surface area (Å²) in [7, 11) is 0. The van der Waals surface area contributed by atoms with Crippen LogP contribution < -0.4 is 4.90 Å². The fourth-order valence-corrected chi connectivity index (χ4v) is 4.31. The summed E-state index contributed by atoms with van der Waals surface area (Å²) < 4.78 is 14.6. The molecule has 1 aromatic carbocycles. The van der Waals surface area contributed by atoms with Crippen LogP contribution in [0.1, 0.15) is 45.6 Å². The lowest BCUT2D eigenvalue weighted by atomic mass is 9.66. The number of halogens is 1. The van der Waals surface area contributed by atoms with Gasteiger partial charge in [-0.15, -0.1) is 0 Å². The predicted molar refractivity (Wildman–Crippen MR) is 97.3 cm³/mol. The van der Waals surface area contributed by atoms with Crippen LogP contribution in [0.2, 0.25) is 0 Å². The van der Waals surface area contributed by atoms with Gasteiger partial charge in [0, 0.05) is 37.4 Å². The number of anilines is 1. The summed E-state index contributed by atoms with van der Waals surface area (Å²) in [5, 5.41) is 9.86. The summed E-state index contributed by atoms with van der Waals surface area (Å²) in [6.07, 6.45) is 2.90. The van der Waals surface area contributed by atoms with Crippen molar-refractivity contribution >= 4 is 11.7 Å². The van der Waals surface area contributed by atoms with Crippen molar-refractivity contribution in [2.24, 2.45) is 10.8 Å². The second-order valence-electron chi connectivity index (χ2n) is 8.53. The van der Waals surface area contributed by atoms with Crippen molar-refractivity contribution in [2.45, 2.75) is 46.6 Å². The first kappa shape index (κ1) is 18.2. The Balaban J connectivity index is 1.83. The number of hydrogen-bond acceptors (Lipinski definition) is 3. The van der Waals surface area contributed by atoms with E-state index in [0.717, 1.165) is 31.6 Å². The highest BCUT2D eigenvalue weighted by Crippen LogP contribution is 2.47. The summed E-state index contributed by atoms with van der Waals surface area (Å²) in [5.41, 5.74) is 0.577. The molecule has 138 valence electrons. The number of aliphatic carboxylic acids is 1. The molecule has 5 heteroatoms. The van der Waals surface area contributed by atoms with Crippen LogP contribution in [0.15, 0.2) is 18.2 Å². The molecule has 2 fully saturated rings. The molecule has 2 heterocycles. The lowest BCUT2D eigenvalue weighted by Crippen LogP contribution is -2.45. The smallest absolute Gasteiger partial charge is 0.311 e. The van der Waals surface area contributed by atoms with E-state index in [-0.39, 0.29) is 11.2 Å². The molecule has 1 N–H and O–H groups in total. The van der Waals surface area contributed by atoms with Gasteiger partial charge in [-0.3, -0.25) is 9.69 Å². The van der Waals surface area contributed by atoms with Gasteiger partial charge in [0.1, 0.15) is 5.82 Å². The van der Waals surface area contributed by atoms with E-state index in [9.17, 15) is 14.3 Å². The number of benzene rings is 1. The molecular formula is C20H29FN2O2. The molecule has 0 spiro atoms. The van der Waals surface area contributed by atoms with Crippen LogP contribution in [-0.4, -0.2) is 42.2 Å². The highest BCUT2D eigenvalue weighted by Gasteiger charge is 2.52. The van der Waals surface area contributed by atoms with E-state index >= 15 is 0 Å². The van der Waals surface area contributed by atoms with Crippen LogP contribution in [0.5, 0.6) is 0 Å².